The topological polar surface area (TPSA) is 98.0 Å². The van der Waals surface area contributed by atoms with E-state index in [0.29, 0.717) is 6.04 Å². The molecule has 0 radical (unpaired) electrons. The van der Waals surface area contributed by atoms with E-state index < -0.39 is 9.84 Å². The second-order valence-electron chi connectivity index (χ2n) is 3.74. The van der Waals surface area contributed by atoms with E-state index in [0.717, 1.165) is 19.1 Å². The summed E-state index contributed by atoms with van der Waals surface area (Å²) in [4.78, 5) is 7.52. The van der Waals surface area contributed by atoms with Gasteiger partial charge in [-0.2, -0.15) is 9.97 Å². The van der Waals surface area contributed by atoms with E-state index in [1.165, 1.54) is 0 Å². The lowest BCUT2D eigenvalue weighted by Gasteiger charge is -2.08. The van der Waals surface area contributed by atoms with E-state index in [1.54, 1.807) is 0 Å². The maximum absolute atomic E-state index is 11.4. The first kappa shape index (κ1) is 11.4. The quantitative estimate of drug-likeness (QED) is 0.778. The van der Waals surface area contributed by atoms with Crippen LogP contribution in [0.3, 0.4) is 0 Å². The number of aromatic nitrogens is 2. The predicted octanol–water partition coefficient (Wildman–Crippen LogP) is 0.690. The molecule has 1 aromatic heterocycles. The molecule has 1 aliphatic carbocycles. The molecule has 88 valence electrons. The van der Waals surface area contributed by atoms with E-state index in [2.05, 4.69) is 15.3 Å². The maximum Gasteiger partial charge on any atom is 0.226 e. The molecule has 3 N–H and O–H groups in total. The summed E-state index contributed by atoms with van der Waals surface area (Å²) in [6, 6.07) is 0.347. The summed E-state index contributed by atoms with van der Waals surface area (Å²) in [5.41, 5.74) is 5.55. The minimum Gasteiger partial charge on any atom is -0.382 e. The smallest absolute Gasteiger partial charge is 0.226 e. The van der Waals surface area contributed by atoms with Crippen molar-refractivity contribution in [1.82, 2.24) is 9.97 Å². The summed E-state index contributed by atoms with van der Waals surface area (Å²) in [6.45, 7) is 0. The van der Waals surface area contributed by atoms with E-state index in [-0.39, 0.29) is 21.8 Å². The van der Waals surface area contributed by atoms with Crippen molar-refractivity contribution >= 4 is 33.2 Å². The van der Waals surface area contributed by atoms with Crippen molar-refractivity contribution in [3.63, 3.8) is 0 Å². The standard InChI is InChI=1S/C8H11ClN4O2S/c1-16(14,15)5-6(9)12-8(13-7(5)10)11-4-2-3-4/h4H,2-3H2,1H3,(H3,10,11,12,13). The highest BCUT2D eigenvalue weighted by Crippen LogP contribution is 2.28. The Morgan fingerprint density at radius 1 is 1.44 bits per heavy atom. The Morgan fingerprint density at radius 3 is 2.50 bits per heavy atom. The van der Waals surface area contributed by atoms with Crippen molar-refractivity contribution in [1.29, 1.82) is 0 Å². The number of halogens is 1. The van der Waals surface area contributed by atoms with Gasteiger partial charge in [-0.05, 0) is 12.8 Å². The lowest BCUT2D eigenvalue weighted by molar-refractivity contribution is 0.601. The Balaban J connectivity index is 2.42. The summed E-state index contributed by atoms with van der Waals surface area (Å²) in [5.74, 6) is 0.156. The molecule has 0 bridgehead atoms. The number of sulfone groups is 1. The lowest BCUT2D eigenvalue weighted by Crippen LogP contribution is -2.11. The average Bonchev–Trinajstić information content (AvgIpc) is 2.83. The molecule has 1 saturated carbocycles. The molecule has 0 atom stereocenters. The molecule has 1 fully saturated rings. The van der Waals surface area contributed by atoms with Crippen LogP contribution < -0.4 is 11.1 Å². The SMILES string of the molecule is CS(=O)(=O)c1c(N)nc(NC2CC2)nc1Cl. The van der Waals surface area contributed by atoms with Gasteiger partial charge in [-0.1, -0.05) is 11.6 Å². The molecule has 6 nitrogen and oxygen atoms in total. The third kappa shape index (κ3) is 2.35. The van der Waals surface area contributed by atoms with Crippen molar-refractivity contribution in [2.75, 3.05) is 17.3 Å². The average molecular weight is 263 g/mol. The van der Waals surface area contributed by atoms with Crippen molar-refractivity contribution in [3.05, 3.63) is 5.15 Å². The zero-order valence-corrected chi connectivity index (χ0v) is 10.1. The summed E-state index contributed by atoms with van der Waals surface area (Å²) in [5, 5.41) is 2.85. The molecular weight excluding hydrogens is 252 g/mol. The van der Waals surface area contributed by atoms with Gasteiger partial charge < -0.3 is 11.1 Å². The van der Waals surface area contributed by atoms with Gasteiger partial charge >= 0.3 is 0 Å². The molecule has 1 aliphatic rings. The van der Waals surface area contributed by atoms with Gasteiger partial charge in [0, 0.05) is 12.3 Å². The van der Waals surface area contributed by atoms with Crippen molar-refractivity contribution < 1.29 is 8.42 Å². The monoisotopic (exact) mass is 262 g/mol. The molecule has 0 spiro atoms. The van der Waals surface area contributed by atoms with Crippen LogP contribution in [0.4, 0.5) is 11.8 Å². The van der Waals surface area contributed by atoms with Crippen molar-refractivity contribution in [2.24, 2.45) is 0 Å². The molecule has 16 heavy (non-hydrogen) atoms. The zero-order chi connectivity index (χ0) is 11.9. The fraction of sp³-hybridized carbons (Fsp3) is 0.500. The predicted molar refractivity (Wildman–Crippen MR) is 61.2 cm³/mol. The number of nitrogens with one attached hydrogen (secondary N) is 1. The van der Waals surface area contributed by atoms with Gasteiger partial charge in [-0.3, -0.25) is 0 Å². The number of hydrogen-bond acceptors (Lipinski definition) is 6. The van der Waals surface area contributed by atoms with Gasteiger partial charge in [0.2, 0.25) is 5.95 Å². The molecule has 8 heteroatoms. The third-order valence-corrected chi connectivity index (χ3v) is 3.66. The number of hydrogen-bond donors (Lipinski definition) is 2. The highest BCUT2D eigenvalue weighted by molar-refractivity contribution is 7.91. The van der Waals surface area contributed by atoms with Crippen LogP contribution in [0.5, 0.6) is 0 Å². The second kappa shape index (κ2) is 3.74. The fourth-order valence-electron chi connectivity index (χ4n) is 1.26. The van der Waals surface area contributed by atoms with Crippen LogP contribution in [-0.2, 0) is 9.84 Å². The van der Waals surface area contributed by atoms with E-state index in [9.17, 15) is 8.42 Å². The lowest BCUT2D eigenvalue weighted by atomic mass is 10.6. The fourth-order valence-corrected chi connectivity index (χ4v) is 2.63. The first-order chi connectivity index (χ1) is 7.38. The molecule has 0 unspecified atom stereocenters. The number of rotatable bonds is 3. The van der Waals surface area contributed by atoms with E-state index >= 15 is 0 Å². The van der Waals surface area contributed by atoms with E-state index in [1.807, 2.05) is 0 Å². The van der Waals surface area contributed by atoms with Gasteiger partial charge in [0.05, 0.1) is 0 Å². The molecule has 0 saturated heterocycles. The zero-order valence-electron chi connectivity index (χ0n) is 8.57. The molecule has 0 aromatic carbocycles. The highest BCUT2D eigenvalue weighted by atomic mass is 35.5. The Kier molecular flexibility index (Phi) is 2.67. The summed E-state index contributed by atoms with van der Waals surface area (Å²) >= 11 is 5.77. The highest BCUT2D eigenvalue weighted by Gasteiger charge is 2.24. The number of nitrogen functional groups attached to an aromatic ring is 1. The van der Waals surface area contributed by atoms with Crippen LogP contribution in [0.1, 0.15) is 12.8 Å². The first-order valence-corrected chi connectivity index (χ1v) is 6.94. The van der Waals surface area contributed by atoms with Crippen LogP contribution in [0.2, 0.25) is 5.15 Å². The Labute approximate surface area is 98.1 Å². The molecule has 1 aromatic rings. The molecule has 0 amide bonds. The van der Waals surface area contributed by atoms with Crippen molar-refractivity contribution in [3.8, 4) is 0 Å². The number of nitrogens with zero attached hydrogens (tertiary/aromatic N) is 2. The number of anilines is 2. The largest absolute Gasteiger partial charge is 0.382 e. The van der Waals surface area contributed by atoms with Gasteiger partial charge in [0.15, 0.2) is 15.0 Å². The minimum absolute atomic E-state index is 0.120. The Hall–Kier alpha value is -1.08. The molecular formula is C8H11ClN4O2S. The Bertz CT molecular complexity index is 504. The number of nitrogens with two attached hydrogens (primary N) is 1. The van der Waals surface area contributed by atoms with Crippen LogP contribution in [0, 0.1) is 0 Å². The molecule has 2 rings (SSSR count). The van der Waals surface area contributed by atoms with Crippen LogP contribution in [-0.4, -0.2) is 30.7 Å². The summed E-state index contributed by atoms with van der Waals surface area (Å²) in [6.07, 6.45) is 3.12. The maximum atomic E-state index is 11.4. The first-order valence-electron chi connectivity index (χ1n) is 4.67. The van der Waals surface area contributed by atoms with Gasteiger partial charge in [0.25, 0.3) is 0 Å². The van der Waals surface area contributed by atoms with Gasteiger partial charge in [-0.25, -0.2) is 8.42 Å². The third-order valence-electron chi connectivity index (χ3n) is 2.13. The minimum atomic E-state index is -3.50. The molecule has 0 aliphatic heterocycles. The van der Waals surface area contributed by atoms with Crippen LogP contribution >= 0.6 is 11.6 Å². The van der Waals surface area contributed by atoms with Gasteiger partial charge in [0.1, 0.15) is 10.7 Å². The normalized spacial score (nSPS) is 16.1. The van der Waals surface area contributed by atoms with Crippen LogP contribution in [0.25, 0.3) is 0 Å². The van der Waals surface area contributed by atoms with Crippen molar-refractivity contribution in [2.45, 2.75) is 23.8 Å². The van der Waals surface area contributed by atoms with Crippen LogP contribution in [0.15, 0.2) is 4.90 Å². The summed E-state index contributed by atoms with van der Waals surface area (Å²) in [7, 11) is -3.50. The summed E-state index contributed by atoms with van der Waals surface area (Å²) < 4.78 is 22.7. The molecule has 1 heterocycles. The second-order valence-corrected chi connectivity index (χ2v) is 6.05. The van der Waals surface area contributed by atoms with E-state index in [4.69, 9.17) is 17.3 Å². The van der Waals surface area contributed by atoms with Gasteiger partial charge in [-0.15, -0.1) is 0 Å². The Morgan fingerprint density at radius 2 is 2.06 bits per heavy atom.